The molecule has 0 radical (unpaired) electrons. The number of nitroso groups, excluding NO2 is 1. The summed E-state index contributed by atoms with van der Waals surface area (Å²) in [6, 6.07) is 0.411. The Bertz CT molecular complexity index is 618. The van der Waals surface area contributed by atoms with Crippen molar-refractivity contribution >= 4 is 5.91 Å². The van der Waals surface area contributed by atoms with Crippen LogP contribution in [0.5, 0.6) is 0 Å². The van der Waals surface area contributed by atoms with E-state index in [2.05, 4.69) is 32.2 Å². The van der Waals surface area contributed by atoms with Gasteiger partial charge in [0.15, 0.2) is 0 Å². The number of allylic oxidation sites excluding steroid dienone is 3. The molecule has 0 spiro atoms. The van der Waals surface area contributed by atoms with Crippen LogP contribution in [0.1, 0.15) is 40.0 Å². The minimum Gasteiger partial charge on any atom is -0.385 e. The Hall–Kier alpha value is -1.45. The molecule has 2 heterocycles. The summed E-state index contributed by atoms with van der Waals surface area (Å²) in [7, 11) is 0. The van der Waals surface area contributed by atoms with Crippen molar-refractivity contribution in [2.75, 3.05) is 6.54 Å². The van der Waals surface area contributed by atoms with Gasteiger partial charge in [0.2, 0.25) is 6.54 Å². The van der Waals surface area contributed by atoms with Crippen LogP contribution in [0, 0.1) is 28.1 Å². The summed E-state index contributed by atoms with van der Waals surface area (Å²) in [6.07, 6.45) is 4.48. The molecule has 5 atom stereocenters. The van der Waals surface area contributed by atoms with Gasteiger partial charge in [0.05, 0.1) is 4.76 Å². The second-order valence-electron chi connectivity index (χ2n) is 7.79. The highest BCUT2D eigenvalue weighted by atomic mass is 16.3. The number of carbonyl (C=O) groups excluding carboxylic acids is 1. The molecular weight excluding hydrogens is 264 g/mol. The number of hydrogen-bond donors (Lipinski definition) is 1. The minimum atomic E-state index is -0.276. The van der Waals surface area contributed by atoms with Crippen molar-refractivity contribution < 1.29 is 9.55 Å². The van der Waals surface area contributed by atoms with E-state index in [1.807, 2.05) is 0 Å². The molecular formula is C17H23N2O2+. The molecule has 0 aromatic heterocycles. The lowest BCUT2D eigenvalue weighted by Gasteiger charge is -2.41. The van der Waals surface area contributed by atoms with Crippen molar-refractivity contribution in [3.63, 3.8) is 0 Å². The molecule has 1 N–H and O–H groups in total. The van der Waals surface area contributed by atoms with Crippen molar-refractivity contribution in [3.05, 3.63) is 27.8 Å². The van der Waals surface area contributed by atoms with E-state index in [1.54, 1.807) is 0 Å². The smallest absolute Gasteiger partial charge is 0.385 e. The van der Waals surface area contributed by atoms with E-state index in [9.17, 15) is 9.70 Å². The van der Waals surface area contributed by atoms with Gasteiger partial charge >= 0.3 is 5.91 Å². The third kappa shape index (κ3) is 1.71. The van der Waals surface area contributed by atoms with Gasteiger partial charge in [-0.25, -0.2) is 4.79 Å². The Balaban J connectivity index is 1.92. The summed E-state index contributed by atoms with van der Waals surface area (Å²) in [6.45, 7) is 7.10. The summed E-state index contributed by atoms with van der Waals surface area (Å²) in [4.78, 5) is 24.3. The summed E-state index contributed by atoms with van der Waals surface area (Å²) >= 11 is 0. The first kappa shape index (κ1) is 13.2. The molecule has 2 fully saturated rings. The van der Waals surface area contributed by atoms with Gasteiger partial charge < -0.3 is 5.32 Å². The summed E-state index contributed by atoms with van der Waals surface area (Å²) < 4.78 is 0.717. The first-order valence-electron chi connectivity index (χ1n) is 8.05. The molecule has 5 unspecified atom stereocenters. The van der Waals surface area contributed by atoms with Gasteiger partial charge in [-0.05, 0) is 36.3 Å². The quantitative estimate of drug-likeness (QED) is 0.697. The SMILES string of the molecule is CC1C2CC3=C4C=C2NC1C(C)C(C)(C3)C[N+](=O)C(=O)C4. The number of amides is 1. The maximum absolute atomic E-state index is 12.2. The van der Waals surface area contributed by atoms with Gasteiger partial charge in [-0.15, -0.1) is 0 Å². The second-order valence-corrected chi connectivity index (χ2v) is 7.79. The first-order chi connectivity index (χ1) is 9.89. The van der Waals surface area contributed by atoms with Crippen LogP contribution >= 0.6 is 0 Å². The molecule has 0 aromatic rings. The van der Waals surface area contributed by atoms with Gasteiger partial charge in [0, 0.05) is 28.0 Å². The molecule has 0 aromatic carbocycles. The van der Waals surface area contributed by atoms with Crippen LogP contribution < -0.4 is 5.32 Å². The van der Waals surface area contributed by atoms with Gasteiger partial charge in [0.25, 0.3) is 0 Å². The Morgan fingerprint density at radius 1 is 1.38 bits per heavy atom. The molecule has 4 rings (SSSR count). The number of rotatable bonds is 0. The van der Waals surface area contributed by atoms with Crippen molar-refractivity contribution in [3.8, 4) is 0 Å². The predicted molar refractivity (Wildman–Crippen MR) is 79.3 cm³/mol. The number of carbonyl (C=O) groups is 1. The third-order valence-electron chi connectivity index (χ3n) is 6.56. The molecule has 4 heteroatoms. The topological polar surface area (TPSA) is 49.2 Å². The fourth-order valence-electron chi connectivity index (χ4n) is 4.99. The number of nitrogens with one attached hydrogen (secondary N) is 1. The number of hydrogen-bond acceptors (Lipinski definition) is 3. The van der Waals surface area contributed by atoms with Crippen molar-refractivity contribution in [2.45, 2.75) is 46.1 Å². The zero-order chi connectivity index (χ0) is 14.9. The third-order valence-corrected chi connectivity index (χ3v) is 6.56. The van der Waals surface area contributed by atoms with E-state index in [1.165, 1.54) is 11.3 Å². The molecule has 1 amide bonds. The predicted octanol–water partition coefficient (Wildman–Crippen LogP) is 2.55. The van der Waals surface area contributed by atoms with Crippen LogP contribution in [-0.4, -0.2) is 23.3 Å². The van der Waals surface area contributed by atoms with Gasteiger partial charge in [0.1, 0.15) is 6.42 Å². The lowest BCUT2D eigenvalue weighted by Crippen LogP contribution is -2.47. The molecule has 2 aliphatic carbocycles. The highest BCUT2D eigenvalue weighted by Gasteiger charge is 2.53. The maximum Gasteiger partial charge on any atom is 0.437 e. The average Bonchev–Trinajstić information content (AvgIpc) is 2.75. The second kappa shape index (κ2) is 4.05. The molecule has 1 saturated carbocycles. The van der Waals surface area contributed by atoms with E-state index in [4.69, 9.17) is 0 Å². The standard InChI is InChI=1S/C17H23N2O2/c1-9-13-4-12-7-17(3)8-19(21)15(20)6-11(12)5-14(13)18-16(9)10(17)2/h5,9-10,13,16,18H,4,6-8H2,1-3H3/q+1. The van der Waals surface area contributed by atoms with Crippen molar-refractivity contribution in [1.82, 2.24) is 5.32 Å². The highest BCUT2D eigenvalue weighted by molar-refractivity contribution is 5.72. The zero-order valence-electron chi connectivity index (χ0n) is 13.0. The van der Waals surface area contributed by atoms with Crippen LogP contribution in [0.25, 0.3) is 0 Å². The Morgan fingerprint density at radius 2 is 2.14 bits per heavy atom. The number of nitrogens with zero attached hydrogens (tertiary/aromatic N) is 1. The minimum absolute atomic E-state index is 0.136. The summed E-state index contributed by atoms with van der Waals surface area (Å²) in [5, 5.41) is 3.73. The lowest BCUT2D eigenvalue weighted by molar-refractivity contribution is -0.487. The molecule has 4 aliphatic rings. The molecule has 4 bridgehead atoms. The summed E-state index contributed by atoms with van der Waals surface area (Å²) in [5.41, 5.74) is 3.69. The normalized spacial score (nSPS) is 45.0. The van der Waals surface area contributed by atoms with Gasteiger partial charge in [-0.3, -0.25) is 0 Å². The van der Waals surface area contributed by atoms with E-state index in [-0.39, 0.29) is 17.7 Å². The zero-order valence-corrected chi connectivity index (χ0v) is 13.0. The largest absolute Gasteiger partial charge is 0.437 e. The van der Waals surface area contributed by atoms with E-state index >= 15 is 0 Å². The van der Waals surface area contributed by atoms with Gasteiger partial charge in [-0.2, -0.15) is 0 Å². The molecule has 2 aliphatic heterocycles. The Labute approximate surface area is 125 Å². The molecule has 1 saturated heterocycles. The van der Waals surface area contributed by atoms with E-state index in [0.29, 0.717) is 35.1 Å². The van der Waals surface area contributed by atoms with Crippen LogP contribution in [0.4, 0.5) is 0 Å². The number of fused-ring (bicyclic) bond motifs is 2. The van der Waals surface area contributed by atoms with E-state index < -0.39 is 0 Å². The van der Waals surface area contributed by atoms with Crippen molar-refractivity contribution in [1.29, 1.82) is 0 Å². The molecule has 112 valence electrons. The monoisotopic (exact) mass is 287 g/mol. The van der Waals surface area contributed by atoms with Crippen molar-refractivity contribution in [2.24, 2.45) is 23.2 Å². The first-order valence-corrected chi connectivity index (χ1v) is 8.05. The Morgan fingerprint density at radius 3 is 2.90 bits per heavy atom. The maximum atomic E-state index is 12.2. The lowest BCUT2D eigenvalue weighted by atomic mass is 9.62. The van der Waals surface area contributed by atoms with Gasteiger partial charge in [-0.1, -0.05) is 26.3 Å². The van der Waals surface area contributed by atoms with E-state index in [0.717, 1.165) is 18.4 Å². The summed E-state index contributed by atoms with van der Waals surface area (Å²) in [5.74, 6) is 1.27. The van der Waals surface area contributed by atoms with Crippen LogP contribution in [-0.2, 0) is 4.79 Å². The fourth-order valence-corrected chi connectivity index (χ4v) is 4.99. The van der Waals surface area contributed by atoms with Crippen LogP contribution in [0.3, 0.4) is 0 Å². The molecule has 4 nitrogen and oxygen atoms in total. The average molecular weight is 287 g/mol. The van der Waals surface area contributed by atoms with Crippen LogP contribution in [0.2, 0.25) is 0 Å². The Kier molecular flexibility index (Phi) is 2.55. The molecule has 21 heavy (non-hydrogen) atoms. The highest BCUT2D eigenvalue weighted by Crippen LogP contribution is 2.52. The fraction of sp³-hybridized carbons (Fsp3) is 0.706. The van der Waals surface area contributed by atoms with Crippen LogP contribution in [0.15, 0.2) is 22.9 Å².